The number of sulfonamides is 1. The average Bonchev–Trinajstić information content (AvgIpc) is 3.35. The molecule has 158 valence electrons. The van der Waals surface area contributed by atoms with Gasteiger partial charge >= 0.3 is 0 Å². The second-order valence-corrected chi connectivity index (χ2v) is 9.66. The SMILES string of the molecule is Cc1cccc(S(=O)(=O)N2CC[C@@]3(CC(C(=O)NCc4cnc(C)cn4)=NO3)C2)c1. The number of rotatable bonds is 5. The minimum atomic E-state index is -3.63. The molecule has 3 heterocycles. The molecule has 1 fully saturated rings. The number of hydrogen-bond donors (Lipinski definition) is 1. The van der Waals surface area contributed by atoms with E-state index in [-0.39, 0.29) is 36.0 Å². The zero-order valence-electron chi connectivity index (χ0n) is 16.8. The van der Waals surface area contributed by atoms with Gasteiger partial charge < -0.3 is 10.2 Å². The normalized spacial score (nSPS) is 21.5. The molecule has 0 aliphatic carbocycles. The third kappa shape index (κ3) is 4.05. The van der Waals surface area contributed by atoms with Crippen LogP contribution < -0.4 is 5.32 Å². The molecule has 1 N–H and O–H groups in total. The predicted octanol–water partition coefficient (Wildman–Crippen LogP) is 1.32. The molecular formula is C20H23N5O4S. The van der Waals surface area contributed by atoms with Gasteiger partial charge in [-0.3, -0.25) is 14.8 Å². The number of aromatic nitrogens is 2. The molecule has 30 heavy (non-hydrogen) atoms. The minimum Gasteiger partial charge on any atom is -0.387 e. The number of carbonyl (C=O) groups excluding carboxylic acids is 1. The minimum absolute atomic E-state index is 0.160. The van der Waals surface area contributed by atoms with Crippen molar-refractivity contribution in [2.45, 2.75) is 43.7 Å². The van der Waals surface area contributed by atoms with Gasteiger partial charge in [0.1, 0.15) is 5.71 Å². The van der Waals surface area contributed by atoms with Gasteiger partial charge in [-0.15, -0.1) is 0 Å². The number of nitrogens with one attached hydrogen (secondary N) is 1. The Morgan fingerprint density at radius 1 is 1.27 bits per heavy atom. The summed E-state index contributed by atoms with van der Waals surface area (Å²) in [5, 5.41) is 6.70. The van der Waals surface area contributed by atoms with E-state index < -0.39 is 15.6 Å². The van der Waals surface area contributed by atoms with Gasteiger partial charge in [0.05, 0.1) is 35.6 Å². The highest BCUT2D eigenvalue weighted by Crippen LogP contribution is 2.36. The van der Waals surface area contributed by atoms with Crippen molar-refractivity contribution in [1.82, 2.24) is 19.6 Å². The molecule has 0 saturated carbocycles. The van der Waals surface area contributed by atoms with Gasteiger partial charge in [0.25, 0.3) is 5.91 Å². The largest absolute Gasteiger partial charge is 0.387 e. The third-order valence-corrected chi connectivity index (χ3v) is 7.12. The first-order valence-electron chi connectivity index (χ1n) is 9.65. The highest BCUT2D eigenvalue weighted by molar-refractivity contribution is 7.89. The van der Waals surface area contributed by atoms with Crippen LogP contribution in [-0.2, 0) is 26.2 Å². The van der Waals surface area contributed by atoms with Crippen molar-refractivity contribution in [1.29, 1.82) is 0 Å². The summed E-state index contributed by atoms with van der Waals surface area (Å²) in [6.45, 7) is 4.40. The molecule has 1 saturated heterocycles. The molecule has 1 spiro atoms. The molecule has 10 heteroatoms. The van der Waals surface area contributed by atoms with Crippen molar-refractivity contribution in [3.63, 3.8) is 0 Å². The summed E-state index contributed by atoms with van der Waals surface area (Å²) < 4.78 is 27.3. The smallest absolute Gasteiger partial charge is 0.269 e. The van der Waals surface area contributed by atoms with E-state index in [9.17, 15) is 13.2 Å². The molecule has 0 radical (unpaired) electrons. The number of carbonyl (C=O) groups is 1. The lowest BCUT2D eigenvalue weighted by Gasteiger charge is -2.21. The molecule has 1 aromatic carbocycles. The van der Waals surface area contributed by atoms with Crippen LogP contribution in [0.5, 0.6) is 0 Å². The van der Waals surface area contributed by atoms with E-state index in [1.54, 1.807) is 30.6 Å². The van der Waals surface area contributed by atoms with Gasteiger partial charge in [-0.1, -0.05) is 17.3 Å². The van der Waals surface area contributed by atoms with Crippen LogP contribution in [-0.4, -0.2) is 53.0 Å². The number of hydrogen-bond acceptors (Lipinski definition) is 7. The number of amides is 1. The van der Waals surface area contributed by atoms with E-state index >= 15 is 0 Å². The molecule has 0 bridgehead atoms. The van der Waals surface area contributed by atoms with Crippen LogP contribution in [0.15, 0.2) is 46.7 Å². The maximum absolute atomic E-state index is 13.0. The van der Waals surface area contributed by atoms with Crippen LogP contribution in [0.4, 0.5) is 0 Å². The molecule has 4 rings (SSSR count). The second kappa shape index (κ2) is 7.77. The topological polar surface area (TPSA) is 114 Å². The lowest BCUT2D eigenvalue weighted by molar-refractivity contribution is -0.115. The van der Waals surface area contributed by atoms with Crippen molar-refractivity contribution in [2.24, 2.45) is 5.16 Å². The highest BCUT2D eigenvalue weighted by atomic mass is 32.2. The Hall–Kier alpha value is -2.85. The second-order valence-electron chi connectivity index (χ2n) is 7.73. The Balaban J connectivity index is 1.37. The Morgan fingerprint density at radius 2 is 2.10 bits per heavy atom. The third-order valence-electron chi connectivity index (χ3n) is 5.27. The van der Waals surface area contributed by atoms with E-state index in [4.69, 9.17) is 4.84 Å². The first kappa shape index (κ1) is 20.4. The summed E-state index contributed by atoms with van der Waals surface area (Å²) in [5.41, 5.74) is 1.77. The van der Waals surface area contributed by atoms with E-state index in [0.29, 0.717) is 18.7 Å². The lowest BCUT2D eigenvalue weighted by Crippen LogP contribution is -2.38. The fraction of sp³-hybridized carbons (Fsp3) is 0.400. The van der Waals surface area contributed by atoms with Gasteiger partial charge in [-0.05, 0) is 31.5 Å². The fourth-order valence-electron chi connectivity index (χ4n) is 3.58. The van der Waals surface area contributed by atoms with Crippen molar-refractivity contribution in [2.75, 3.05) is 13.1 Å². The summed E-state index contributed by atoms with van der Waals surface area (Å²) in [4.78, 5) is 26.6. The first-order chi connectivity index (χ1) is 14.3. The zero-order chi connectivity index (χ0) is 21.4. The molecule has 9 nitrogen and oxygen atoms in total. The van der Waals surface area contributed by atoms with Crippen LogP contribution in [0.2, 0.25) is 0 Å². The number of aryl methyl sites for hydroxylation is 2. The van der Waals surface area contributed by atoms with Crippen molar-refractivity contribution < 1.29 is 18.0 Å². The van der Waals surface area contributed by atoms with E-state index in [2.05, 4.69) is 20.4 Å². The average molecular weight is 430 g/mol. The zero-order valence-corrected chi connectivity index (χ0v) is 17.6. The van der Waals surface area contributed by atoms with E-state index in [1.165, 1.54) is 4.31 Å². The molecule has 1 aromatic heterocycles. The fourth-order valence-corrected chi connectivity index (χ4v) is 5.20. The van der Waals surface area contributed by atoms with Gasteiger partial charge in [-0.2, -0.15) is 4.31 Å². The maximum atomic E-state index is 13.0. The van der Waals surface area contributed by atoms with Crippen molar-refractivity contribution in [3.05, 3.63) is 53.6 Å². The standard InChI is InChI=1S/C20H23N5O4S/c1-14-4-3-5-17(8-14)30(27,28)25-7-6-20(13-25)9-18(24-29-20)19(26)23-12-16-11-21-15(2)10-22-16/h3-5,8,10-11H,6-7,9,12-13H2,1-2H3,(H,23,26)/t20-/m1/s1. The van der Waals surface area contributed by atoms with Gasteiger partial charge in [0.15, 0.2) is 5.60 Å². The van der Waals surface area contributed by atoms with Crippen LogP contribution >= 0.6 is 0 Å². The molecular weight excluding hydrogens is 406 g/mol. The van der Waals surface area contributed by atoms with Crippen molar-refractivity contribution in [3.8, 4) is 0 Å². The van der Waals surface area contributed by atoms with Gasteiger partial charge in [-0.25, -0.2) is 8.42 Å². The molecule has 1 amide bonds. The van der Waals surface area contributed by atoms with Crippen LogP contribution in [0.25, 0.3) is 0 Å². The van der Waals surface area contributed by atoms with Gasteiger partial charge in [0.2, 0.25) is 10.0 Å². The Kier molecular flexibility index (Phi) is 5.29. The number of nitrogens with zero attached hydrogens (tertiary/aromatic N) is 4. The van der Waals surface area contributed by atoms with Crippen LogP contribution in [0.1, 0.15) is 29.8 Å². The summed E-state index contributed by atoms with van der Waals surface area (Å²) in [7, 11) is -3.63. The summed E-state index contributed by atoms with van der Waals surface area (Å²) in [6.07, 6.45) is 3.98. The lowest BCUT2D eigenvalue weighted by atomic mass is 9.96. The quantitative estimate of drug-likeness (QED) is 0.767. The predicted molar refractivity (Wildman–Crippen MR) is 109 cm³/mol. The maximum Gasteiger partial charge on any atom is 0.269 e. The molecule has 2 aliphatic rings. The summed E-state index contributed by atoms with van der Waals surface area (Å²) in [6, 6.07) is 6.82. The Bertz CT molecular complexity index is 1100. The molecule has 0 unspecified atom stereocenters. The molecule has 2 aliphatic heterocycles. The summed E-state index contributed by atoms with van der Waals surface area (Å²) in [5.74, 6) is -0.353. The summed E-state index contributed by atoms with van der Waals surface area (Å²) >= 11 is 0. The van der Waals surface area contributed by atoms with Crippen molar-refractivity contribution >= 4 is 21.6 Å². The van der Waals surface area contributed by atoms with Crippen LogP contribution in [0.3, 0.4) is 0 Å². The monoisotopic (exact) mass is 429 g/mol. The van der Waals surface area contributed by atoms with Crippen LogP contribution in [0, 0.1) is 13.8 Å². The van der Waals surface area contributed by atoms with E-state index in [0.717, 1.165) is 11.3 Å². The number of oxime groups is 1. The first-order valence-corrected chi connectivity index (χ1v) is 11.1. The van der Waals surface area contributed by atoms with Gasteiger partial charge in [0, 0.05) is 25.6 Å². The Morgan fingerprint density at radius 3 is 2.83 bits per heavy atom. The molecule has 1 atom stereocenters. The number of benzene rings is 1. The highest BCUT2D eigenvalue weighted by Gasteiger charge is 2.49. The van der Waals surface area contributed by atoms with E-state index in [1.807, 2.05) is 19.9 Å². The molecule has 2 aromatic rings. The Labute approximate surface area is 175 Å².